The molecule has 0 saturated carbocycles. The topological polar surface area (TPSA) is 99.6 Å². The first-order valence-electron chi connectivity index (χ1n) is 7.98. The van der Waals surface area contributed by atoms with Gasteiger partial charge in [-0.05, 0) is 12.1 Å². The molecule has 1 aliphatic heterocycles. The third-order valence-corrected chi connectivity index (χ3v) is 6.04. The number of nitrogens with one attached hydrogen (secondary N) is 1. The SMILES string of the molecule is O=C(O)CCSSCCNC(=O)C1CC(=O)N(Cc2ccccn2)C1. The molecule has 7 nitrogen and oxygen atoms in total. The van der Waals surface area contributed by atoms with E-state index in [9.17, 15) is 14.4 Å². The molecule has 0 radical (unpaired) electrons. The summed E-state index contributed by atoms with van der Waals surface area (Å²) in [5.74, 6) is 0.00267. The summed E-state index contributed by atoms with van der Waals surface area (Å²) in [7, 11) is 3.02. The fourth-order valence-electron chi connectivity index (χ4n) is 2.39. The van der Waals surface area contributed by atoms with Crippen molar-refractivity contribution in [2.24, 2.45) is 5.92 Å². The molecule has 1 atom stereocenters. The van der Waals surface area contributed by atoms with Crippen LogP contribution in [0.4, 0.5) is 0 Å². The lowest BCUT2D eigenvalue weighted by atomic mass is 10.1. The largest absolute Gasteiger partial charge is 0.481 e. The van der Waals surface area contributed by atoms with E-state index in [1.807, 2.05) is 18.2 Å². The maximum absolute atomic E-state index is 12.2. The summed E-state index contributed by atoms with van der Waals surface area (Å²) < 4.78 is 0. The summed E-state index contributed by atoms with van der Waals surface area (Å²) in [6.45, 7) is 1.36. The van der Waals surface area contributed by atoms with Gasteiger partial charge in [-0.15, -0.1) is 0 Å². The molecule has 1 aromatic rings. The van der Waals surface area contributed by atoms with Crippen molar-refractivity contribution in [3.05, 3.63) is 30.1 Å². The van der Waals surface area contributed by atoms with Crippen LogP contribution in [0, 0.1) is 5.92 Å². The van der Waals surface area contributed by atoms with Gasteiger partial charge in [0.1, 0.15) is 0 Å². The maximum atomic E-state index is 12.2. The number of rotatable bonds is 10. The van der Waals surface area contributed by atoms with Gasteiger partial charge in [0, 0.05) is 37.2 Å². The number of carboxylic acids is 1. The molecule has 2 amide bonds. The number of nitrogens with zero attached hydrogens (tertiary/aromatic N) is 2. The number of carbonyl (C=O) groups excluding carboxylic acids is 2. The quantitative estimate of drug-likeness (QED) is 0.465. The molecule has 2 N–H and O–H groups in total. The number of amides is 2. The molecule has 1 unspecified atom stereocenters. The van der Waals surface area contributed by atoms with Crippen molar-refractivity contribution in [2.75, 3.05) is 24.6 Å². The van der Waals surface area contributed by atoms with E-state index in [1.165, 1.54) is 21.6 Å². The van der Waals surface area contributed by atoms with Crippen LogP contribution in [0.1, 0.15) is 18.5 Å². The zero-order valence-corrected chi connectivity index (χ0v) is 15.4. The number of carboxylic acid groups (broad SMARTS) is 1. The van der Waals surface area contributed by atoms with E-state index in [1.54, 1.807) is 11.1 Å². The monoisotopic (exact) mass is 383 g/mol. The predicted molar refractivity (Wildman–Crippen MR) is 97.9 cm³/mol. The number of aliphatic carboxylic acids is 1. The van der Waals surface area contributed by atoms with Crippen molar-refractivity contribution >= 4 is 39.4 Å². The highest BCUT2D eigenvalue weighted by Gasteiger charge is 2.34. The van der Waals surface area contributed by atoms with E-state index in [0.717, 1.165) is 5.69 Å². The van der Waals surface area contributed by atoms with E-state index >= 15 is 0 Å². The summed E-state index contributed by atoms with van der Waals surface area (Å²) in [5, 5.41) is 11.4. The first-order valence-corrected chi connectivity index (χ1v) is 10.5. The second-order valence-electron chi connectivity index (χ2n) is 5.58. The molecule has 25 heavy (non-hydrogen) atoms. The van der Waals surface area contributed by atoms with E-state index in [-0.39, 0.29) is 30.6 Å². The summed E-state index contributed by atoms with van der Waals surface area (Å²) >= 11 is 0. The number of carbonyl (C=O) groups is 3. The van der Waals surface area contributed by atoms with Gasteiger partial charge in [-0.2, -0.15) is 0 Å². The van der Waals surface area contributed by atoms with Crippen LogP contribution in [-0.2, 0) is 20.9 Å². The zero-order valence-electron chi connectivity index (χ0n) is 13.7. The number of aromatic nitrogens is 1. The molecule has 136 valence electrons. The third kappa shape index (κ3) is 6.95. The summed E-state index contributed by atoms with van der Waals surface area (Å²) in [5.41, 5.74) is 0.812. The number of hydrogen-bond acceptors (Lipinski definition) is 6. The molecule has 1 aliphatic rings. The molecule has 1 aromatic heterocycles. The maximum Gasteiger partial charge on any atom is 0.304 e. The highest BCUT2D eigenvalue weighted by Crippen LogP contribution is 2.22. The zero-order chi connectivity index (χ0) is 18.1. The smallest absolute Gasteiger partial charge is 0.304 e. The van der Waals surface area contributed by atoms with E-state index in [2.05, 4.69) is 10.3 Å². The fourth-order valence-corrected chi connectivity index (χ4v) is 4.28. The van der Waals surface area contributed by atoms with Gasteiger partial charge in [-0.1, -0.05) is 27.7 Å². The van der Waals surface area contributed by atoms with Gasteiger partial charge < -0.3 is 15.3 Å². The first-order chi connectivity index (χ1) is 12.1. The number of pyridine rings is 1. The number of likely N-dealkylation sites (tertiary alicyclic amines) is 1. The van der Waals surface area contributed by atoms with Crippen molar-refractivity contribution in [1.29, 1.82) is 0 Å². The van der Waals surface area contributed by atoms with Crippen LogP contribution in [0.15, 0.2) is 24.4 Å². The Labute approximate surface area is 154 Å². The molecule has 9 heteroatoms. The van der Waals surface area contributed by atoms with E-state index in [4.69, 9.17) is 5.11 Å². The molecule has 0 bridgehead atoms. The normalized spacial score (nSPS) is 16.9. The molecule has 1 fully saturated rings. The predicted octanol–water partition coefficient (Wildman–Crippen LogP) is 1.40. The summed E-state index contributed by atoms with van der Waals surface area (Å²) in [6, 6.07) is 5.56. The average molecular weight is 383 g/mol. The Bertz CT molecular complexity index is 600. The Kier molecular flexibility index (Phi) is 8.07. The Balaban J connectivity index is 1.64. The molecular formula is C16H21N3O4S2. The van der Waals surface area contributed by atoms with Gasteiger partial charge in [0.05, 0.1) is 24.6 Å². The summed E-state index contributed by atoms with van der Waals surface area (Å²) in [4.78, 5) is 40.5. The van der Waals surface area contributed by atoms with Crippen molar-refractivity contribution in [3.63, 3.8) is 0 Å². The molecule has 0 aromatic carbocycles. The van der Waals surface area contributed by atoms with Crippen LogP contribution in [0.2, 0.25) is 0 Å². The van der Waals surface area contributed by atoms with Gasteiger partial charge in [-0.3, -0.25) is 19.4 Å². The van der Waals surface area contributed by atoms with Crippen molar-refractivity contribution in [1.82, 2.24) is 15.2 Å². The molecule has 2 heterocycles. The van der Waals surface area contributed by atoms with Gasteiger partial charge >= 0.3 is 5.97 Å². The van der Waals surface area contributed by atoms with Gasteiger partial charge in [0.25, 0.3) is 0 Å². The Morgan fingerprint density at radius 1 is 1.32 bits per heavy atom. The Hall–Kier alpha value is -1.74. The van der Waals surface area contributed by atoms with Crippen molar-refractivity contribution in [2.45, 2.75) is 19.4 Å². The Morgan fingerprint density at radius 3 is 2.84 bits per heavy atom. The molecular weight excluding hydrogens is 362 g/mol. The highest BCUT2D eigenvalue weighted by molar-refractivity contribution is 8.76. The van der Waals surface area contributed by atoms with Gasteiger partial charge in [-0.25, -0.2) is 0 Å². The standard InChI is InChI=1S/C16H21N3O4S2/c20-14-9-12(10-19(14)11-13-3-1-2-5-17-13)16(23)18-6-8-25-24-7-4-15(21)22/h1-3,5,12H,4,6-11H2,(H,18,23)(H,21,22). The molecule has 1 saturated heterocycles. The summed E-state index contributed by atoms with van der Waals surface area (Å²) in [6.07, 6.45) is 2.06. The highest BCUT2D eigenvalue weighted by atomic mass is 33.1. The minimum absolute atomic E-state index is 0.0237. The van der Waals surface area contributed by atoms with Crippen molar-refractivity contribution < 1.29 is 19.5 Å². The second-order valence-corrected chi connectivity index (χ2v) is 8.28. The lowest BCUT2D eigenvalue weighted by Gasteiger charge is -2.16. The third-order valence-electron chi connectivity index (χ3n) is 3.63. The first kappa shape index (κ1) is 19.6. The van der Waals surface area contributed by atoms with Crippen LogP contribution < -0.4 is 5.32 Å². The van der Waals surface area contributed by atoms with Crippen LogP contribution in [0.25, 0.3) is 0 Å². The van der Waals surface area contributed by atoms with Crippen molar-refractivity contribution in [3.8, 4) is 0 Å². The average Bonchev–Trinajstić information content (AvgIpc) is 2.95. The van der Waals surface area contributed by atoms with Crippen LogP contribution in [0.5, 0.6) is 0 Å². The van der Waals surface area contributed by atoms with Crippen LogP contribution >= 0.6 is 21.6 Å². The number of hydrogen-bond donors (Lipinski definition) is 2. The van der Waals surface area contributed by atoms with Crippen LogP contribution in [0.3, 0.4) is 0 Å². The minimum Gasteiger partial charge on any atom is -0.481 e. The van der Waals surface area contributed by atoms with Gasteiger partial charge in [0.15, 0.2) is 0 Å². The Morgan fingerprint density at radius 2 is 2.12 bits per heavy atom. The van der Waals surface area contributed by atoms with E-state index in [0.29, 0.717) is 31.1 Å². The fraction of sp³-hybridized carbons (Fsp3) is 0.500. The lowest BCUT2D eigenvalue weighted by molar-refractivity contribution is -0.136. The van der Waals surface area contributed by atoms with Gasteiger partial charge in [0.2, 0.25) is 11.8 Å². The lowest BCUT2D eigenvalue weighted by Crippen LogP contribution is -2.34. The van der Waals surface area contributed by atoms with E-state index < -0.39 is 5.97 Å². The molecule has 0 spiro atoms. The molecule has 2 rings (SSSR count). The molecule has 0 aliphatic carbocycles. The minimum atomic E-state index is -0.803. The second kappa shape index (κ2) is 10.3. The van der Waals surface area contributed by atoms with Crippen LogP contribution in [-0.4, -0.2) is 57.4 Å².